The minimum atomic E-state index is -1.69. The van der Waals surface area contributed by atoms with E-state index in [1.165, 1.54) is 5.56 Å². The van der Waals surface area contributed by atoms with E-state index in [1.54, 1.807) is 6.07 Å². The molecule has 0 heterocycles. The number of aryl methyl sites for hydroxylation is 1. The van der Waals surface area contributed by atoms with Gasteiger partial charge in [-0.05, 0) is 72.6 Å². The van der Waals surface area contributed by atoms with Crippen molar-refractivity contribution in [2.75, 3.05) is 7.11 Å². The van der Waals surface area contributed by atoms with Crippen LogP contribution in [0, 0.1) is 40.5 Å². The maximum Gasteiger partial charge on any atom is 0.204 e. The molecule has 0 saturated heterocycles. The van der Waals surface area contributed by atoms with Gasteiger partial charge in [-0.25, -0.2) is 13.2 Å². The molecule has 0 radical (unpaired) electrons. The molecule has 0 bridgehead atoms. The number of hydrogen-bond acceptors (Lipinski definition) is 2. The molecule has 0 aromatic heterocycles. The van der Waals surface area contributed by atoms with Crippen LogP contribution in [-0.4, -0.2) is 12.9 Å². The van der Waals surface area contributed by atoms with Crippen LogP contribution in [0.15, 0.2) is 24.0 Å². The van der Waals surface area contributed by atoms with Crippen LogP contribution in [0.5, 0.6) is 5.75 Å². The Kier molecular flexibility index (Phi) is 6.01. The van der Waals surface area contributed by atoms with Gasteiger partial charge in [-0.2, -0.15) is 8.78 Å². The second-order valence-corrected chi connectivity index (χ2v) is 10.3. The standard InChI is InChI=1S/C28H27F5O2/c1-28-10-9-17-18(21(28)7-8-22(28)34)6-5-15-4-3-14(12-19(15)17)11-16(29)13-20-23(30)25(32)27(35-2)26(33)24(20)31/h3-4,11-12,17-18,21H,5-10,13H2,1-2H3/b16-11-/t17-,18+,21-,28-/m1/s1. The summed E-state index contributed by atoms with van der Waals surface area (Å²) in [4.78, 5) is 12.5. The first-order valence-corrected chi connectivity index (χ1v) is 12.1. The summed E-state index contributed by atoms with van der Waals surface area (Å²) in [6.45, 7) is 2.11. The van der Waals surface area contributed by atoms with Crippen LogP contribution in [-0.2, 0) is 17.6 Å². The van der Waals surface area contributed by atoms with Crippen molar-refractivity contribution < 1.29 is 31.5 Å². The van der Waals surface area contributed by atoms with Crippen molar-refractivity contribution in [2.45, 2.75) is 57.8 Å². The number of ketones is 1. The van der Waals surface area contributed by atoms with Gasteiger partial charge in [0.15, 0.2) is 17.4 Å². The zero-order chi connectivity index (χ0) is 25.1. The zero-order valence-electron chi connectivity index (χ0n) is 19.7. The fourth-order valence-electron chi connectivity index (χ4n) is 6.84. The Morgan fingerprint density at radius 1 is 1.06 bits per heavy atom. The zero-order valence-corrected chi connectivity index (χ0v) is 19.7. The Balaban J connectivity index is 1.43. The summed E-state index contributed by atoms with van der Waals surface area (Å²) in [6.07, 6.45) is 5.45. The lowest BCUT2D eigenvalue weighted by atomic mass is 9.55. The fraction of sp³-hybridized carbons (Fsp3) is 0.464. The number of ether oxygens (including phenoxy) is 1. The van der Waals surface area contributed by atoms with Crippen molar-refractivity contribution in [1.29, 1.82) is 0 Å². The van der Waals surface area contributed by atoms with E-state index in [4.69, 9.17) is 0 Å². The van der Waals surface area contributed by atoms with E-state index in [2.05, 4.69) is 11.7 Å². The second-order valence-electron chi connectivity index (χ2n) is 10.3. The first-order valence-electron chi connectivity index (χ1n) is 12.1. The van der Waals surface area contributed by atoms with Gasteiger partial charge >= 0.3 is 0 Å². The van der Waals surface area contributed by atoms with Gasteiger partial charge < -0.3 is 4.74 Å². The van der Waals surface area contributed by atoms with Gasteiger partial charge in [0.25, 0.3) is 0 Å². The summed E-state index contributed by atoms with van der Waals surface area (Å²) in [5.41, 5.74) is 1.61. The van der Waals surface area contributed by atoms with Gasteiger partial charge in [-0.3, -0.25) is 4.79 Å². The molecule has 2 aromatic carbocycles. The second kappa shape index (κ2) is 8.75. The van der Waals surface area contributed by atoms with E-state index >= 15 is 0 Å². The van der Waals surface area contributed by atoms with Gasteiger partial charge in [0, 0.05) is 23.8 Å². The van der Waals surface area contributed by atoms with Gasteiger partial charge in [-0.1, -0.05) is 25.1 Å². The molecule has 186 valence electrons. The molecule has 3 aliphatic rings. The van der Waals surface area contributed by atoms with E-state index in [0.29, 0.717) is 35.5 Å². The molecule has 0 unspecified atom stereocenters. The number of allylic oxidation sites excluding steroid dienone is 1. The van der Waals surface area contributed by atoms with Gasteiger partial charge in [0.05, 0.1) is 7.11 Å². The third kappa shape index (κ3) is 3.78. The number of fused-ring (bicyclic) bond motifs is 5. The van der Waals surface area contributed by atoms with Crippen LogP contribution in [0.4, 0.5) is 22.0 Å². The molecule has 2 saturated carbocycles. The van der Waals surface area contributed by atoms with Gasteiger partial charge in [-0.15, -0.1) is 0 Å². The molecule has 2 aromatic rings. The molecule has 2 nitrogen and oxygen atoms in total. The molecule has 0 aliphatic heterocycles. The monoisotopic (exact) mass is 490 g/mol. The Morgan fingerprint density at radius 2 is 1.77 bits per heavy atom. The third-order valence-electron chi connectivity index (χ3n) is 8.65. The average Bonchev–Trinajstić information content (AvgIpc) is 3.15. The van der Waals surface area contributed by atoms with Gasteiger partial charge in [0.2, 0.25) is 11.6 Å². The minimum absolute atomic E-state index is 0.237. The number of carbonyl (C=O) groups excluding carboxylic acids is 1. The van der Waals surface area contributed by atoms with Crippen molar-refractivity contribution >= 4 is 11.9 Å². The highest BCUT2D eigenvalue weighted by molar-refractivity contribution is 5.87. The van der Waals surface area contributed by atoms with Crippen molar-refractivity contribution in [1.82, 2.24) is 0 Å². The largest absolute Gasteiger partial charge is 0.491 e. The number of carbonyl (C=O) groups is 1. The van der Waals surface area contributed by atoms with Crippen LogP contribution in [0.3, 0.4) is 0 Å². The predicted molar refractivity (Wildman–Crippen MR) is 122 cm³/mol. The lowest BCUT2D eigenvalue weighted by Gasteiger charge is -2.48. The number of rotatable bonds is 4. The van der Waals surface area contributed by atoms with Crippen molar-refractivity contribution in [2.24, 2.45) is 17.3 Å². The van der Waals surface area contributed by atoms with Gasteiger partial charge in [0.1, 0.15) is 11.6 Å². The fourth-order valence-corrected chi connectivity index (χ4v) is 6.84. The molecule has 0 N–H and O–H groups in total. The molecular weight excluding hydrogens is 463 g/mol. The summed E-state index contributed by atoms with van der Waals surface area (Å²) >= 11 is 0. The summed E-state index contributed by atoms with van der Waals surface area (Å²) in [5.74, 6) is -7.39. The smallest absolute Gasteiger partial charge is 0.204 e. The summed E-state index contributed by atoms with van der Waals surface area (Å²) in [7, 11) is 0.887. The van der Waals surface area contributed by atoms with E-state index in [9.17, 15) is 26.7 Å². The molecular formula is C28H27F5O2. The Morgan fingerprint density at radius 3 is 2.46 bits per heavy atom. The van der Waals surface area contributed by atoms with Crippen molar-refractivity contribution in [3.8, 4) is 5.75 Å². The quantitative estimate of drug-likeness (QED) is 0.334. The van der Waals surface area contributed by atoms with E-state index in [0.717, 1.165) is 50.9 Å². The lowest BCUT2D eigenvalue weighted by molar-refractivity contribution is -0.129. The Bertz CT molecular complexity index is 1210. The van der Waals surface area contributed by atoms with Crippen LogP contribution in [0.2, 0.25) is 0 Å². The van der Waals surface area contributed by atoms with Crippen molar-refractivity contribution in [3.05, 3.63) is 69.5 Å². The maximum absolute atomic E-state index is 14.8. The van der Waals surface area contributed by atoms with Crippen LogP contribution >= 0.6 is 0 Å². The maximum atomic E-state index is 14.8. The molecule has 2 fully saturated rings. The summed E-state index contributed by atoms with van der Waals surface area (Å²) in [6, 6.07) is 5.60. The van der Waals surface area contributed by atoms with E-state index in [1.807, 2.05) is 12.1 Å². The number of Topliss-reactive ketones (excluding diaryl/α,β-unsaturated/α-hetero) is 1. The Hall–Kier alpha value is -2.70. The first kappa shape index (κ1) is 24.0. The summed E-state index contributed by atoms with van der Waals surface area (Å²) < 4.78 is 75.8. The van der Waals surface area contributed by atoms with E-state index < -0.39 is 46.8 Å². The highest BCUT2D eigenvalue weighted by Crippen LogP contribution is 2.59. The average molecular weight is 491 g/mol. The molecule has 5 rings (SSSR count). The molecule has 35 heavy (non-hydrogen) atoms. The number of benzene rings is 2. The van der Waals surface area contributed by atoms with Crippen LogP contribution in [0.25, 0.3) is 6.08 Å². The van der Waals surface area contributed by atoms with Crippen LogP contribution < -0.4 is 4.74 Å². The number of hydrogen-bond donors (Lipinski definition) is 0. The van der Waals surface area contributed by atoms with E-state index in [-0.39, 0.29) is 5.41 Å². The van der Waals surface area contributed by atoms with Crippen LogP contribution in [0.1, 0.15) is 67.2 Å². The highest BCUT2D eigenvalue weighted by atomic mass is 19.2. The van der Waals surface area contributed by atoms with Crippen molar-refractivity contribution in [3.63, 3.8) is 0 Å². The third-order valence-corrected chi connectivity index (χ3v) is 8.65. The highest BCUT2D eigenvalue weighted by Gasteiger charge is 2.54. The molecule has 7 heteroatoms. The molecule has 3 aliphatic carbocycles. The number of methoxy groups -OCH3 is 1. The lowest BCUT2D eigenvalue weighted by Crippen LogP contribution is -2.42. The molecule has 4 atom stereocenters. The minimum Gasteiger partial charge on any atom is -0.491 e. The predicted octanol–water partition coefficient (Wildman–Crippen LogP) is 7.23. The first-order chi connectivity index (χ1) is 16.7. The topological polar surface area (TPSA) is 26.3 Å². The number of halogens is 5. The molecule has 0 spiro atoms. The normalized spacial score (nSPS) is 27.9. The summed E-state index contributed by atoms with van der Waals surface area (Å²) in [5, 5.41) is 0. The Labute approximate surface area is 201 Å². The molecule has 0 amide bonds. The SMILES string of the molecule is COc1c(F)c(F)c(C/C(F)=C/c2ccc3c(c2)[C@@H]2CC[C@@]4(C)C(=O)CC[C@@H]4[C@H]2CC3)c(F)c1F.